The first-order chi connectivity index (χ1) is 5.83. The number of hydrogen-bond donors (Lipinski definition) is 1. The molecule has 0 atom stereocenters. The molecule has 0 heterocycles. The van der Waals surface area contributed by atoms with Crippen LogP contribution in [0.3, 0.4) is 0 Å². The lowest BCUT2D eigenvalue weighted by Crippen LogP contribution is -2.09. The standard InChI is InChI=1S/C10H15NO/c1-9-3-5-10(6-4-9)7-8-12-11-2/h3-6,11H,7-8H2,1-2H3. The maximum absolute atomic E-state index is 5.02. The minimum Gasteiger partial charge on any atom is -0.302 e. The van der Waals surface area contributed by atoms with E-state index in [-0.39, 0.29) is 0 Å². The highest BCUT2D eigenvalue weighted by Crippen LogP contribution is 2.03. The first-order valence-corrected chi connectivity index (χ1v) is 4.17. The predicted octanol–water partition coefficient (Wildman–Crippen LogP) is 1.69. The lowest BCUT2D eigenvalue weighted by molar-refractivity contribution is 0.0604. The Morgan fingerprint density at radius 1 is 1.25 bits per heavy atom. The fourth-order valence-corrected chi connectivity index (χ4v) is 1.03. The molecule has 12 heavy (non-hydrogen) atoms. The molecule has 0 amide bonds. The minimum absolute atomic E-state index is 0.722. The zero-order chi connectivity index (χ0) is 8.81. The minimum atomic E-state index is 0.722. The highest BCUT2D eigenvalue weighted by molar-refractivity contribution is 5.21. The van der Waals surface area contributed by atoms with Gasteiger partial charge in [0.1, 0.15) is 0 Å². The van der Waals surface area contributed by atoms with E-state index < -0.39 is 0 Å². The Morgan fingerprint density at radius 2 is 1.92 bits per heavy atom. The summed E-state index contributed by atoms with van der Waals surface area (Å²) in [4.78, 5) is 5.02. The maximum atomic E-state index is 5.02. The second kappa shape index (κ2) is 4.91. The molecule has 0 bridgehead atoms. The van der Waals surface area contributed by atoms with Crippen molar-refractivity contribution in [2.45, 2.75) is 13.3 Å². The van der Waals surface area contributed by atoms with E-state index in [4.69, 9.17) is 4.84 Å². The number of aryl methyl sites for hydroxylation is 1. The Hall–Kier alpha value is -0.860. The van der Waals surface area contributed by atoms with Crippen LogP contribution in [0.1, 0.15) is 11.1 Å². The fraction of sp³-hybridized carbons (Fsp3) is 0.400. The molecular weight excluding hydrogens is 150 g/mol. The van der Waals surface area contributed by atoms with Crippen LogP contribution in [0.4, 0.5) is 0 Å². The molecule has 0 saturated heterocycles. The number of hydroxylamine groups is 1. The van der Waals surface area contributed by atoms with E-state index in [9.17, 15) is 0 Å². The second-order valence-electron chi connectivity index (χ2n) is 2.79. The number of hydrogen-bond acceptors (Lipinski definition) is 2. The molecule has 0 aliphatic carbocycles. The average molecular weight is 165 g/mol. The van der Waals surface area contributed by atoms with Crippen molar-refractivity contribution in [3.63, 3.8) is 0 Å². The van der Waals surface area contributed by atoms with E-state index in [1.807, 2.05) is 0 Å². The zero-order valence-electron chi connectivity index (χ0n) is 7.63. The van der Waals surface area contributed by atoms with Crippen LogP contribution in [0.25, 0.3) is 0 Å². The monoisotopic (exact) mass is 165 g/mol. The Bertz CT molecular complexity index is 218. The highest BCUT2D eigenvalue weighted by atomic mass is 16.6. The van der Waals surface area contributed by atoms with Gasteiger partial charge in [0.2, 0.25) is 0 Å². The summed E-state index contributed by atoms with van der Waals surface area (Å²) in [5, 5.41) is 0. The van der Waals surface area contributed by atoms with Gasteiger partial charge in [0.15, 0.2) is 0 Å². The quantitative estimate of drug-likeness (QED) is 0.541. The third-order valence-corrected chi connectivity index (χ3v) is 1.76. The Morgan fingerprint density at radius 3 is 2.50 bits per heavy atom. The number of benzene rings is 1. The summed E-state index contributed by atoms with van der Waals surface area (Å²) in [6.07, 6.45) is 0.959. The van der Waals surface area contributed by atoms with E-state index in [0.29, 0.717) is 0 Å². The Balaban J connectivity index is 2.37. The van der Waals surface area contributed by atoms with E-state index in [1.165, 1.54) is 11.1 Å². The van der Waals surface area contributed by atoms with Gasteiger partial charge < -0.3 is 4.84 Å². The van der Waals surface area contributed by atoms with Crippen molar-refractivity contribution < 1.29 is 4.84 Å². The van der Waals surface area contributed by atoms with Gasteiger partial charge in [-0.15, -0.1) is 0 Å². The van der Waals surface area contributed by atoms with Crippen molar-refractivity contribution in [1.29, 1.82) is 0 Å². The molecule has 66 valence electrons. The summed E-state index contributed by atoms with van der Waals surface area (Å²) >= 11 is 0. The van der Waals surface area contributed by atoms with Gasteiger partial charge in [-0.2, -0.15) is 0 Å². The first-order valence-electron chi connectivity index (χ1n) is 4.17. The molecule has 0 spiro atoms. The van der Waals surface area contributed by atoms with Crippen molar-refractivity contribution in [2.24, 2.45) is 0 Å². The molecule has 1 N–H and O–H groups in total. The molecule has 0 aliphatic heterocycles. The van der Waals surface area contributed by atoms with Gasteiger partial charge in [0, 0.05) is 7.05 Å². The molecular formula is C10H15NO. The number of nitrogens with one attached hydrogen (secondary N) is 1. The molecule has 0 saturated carbocycles. The smallest absolute Gasteiger partial charge is 0.0722 e. The summed E-state index contributed by atoms with van der Waals surface area (Å²) in [5.74, 6) is 0. The predicted molar refractivity (Wildman–Crippen MR) is 49.9 cm³/mol. The van der Waals surface area contributed by atoms with Gasteiger partial charge in [0.05, 0.1) is 6.61 Å². The van der Waals surface area contributed by atoms with Crippen LogP contribution in [0.2, 0.25) is 0 Å². The van der Waals surface area contributed by atoms with Crippen molar-refractivity contribution in [3.05, 3.63) is 35.4 Å². The maximum Gasteiger partial charge on any atom is 0.0722 e. The molecule has 2 heteroatoms. The molecule has 2 nitrogen and oxygen atoms in total. The summed E-state index contributed by atoms with van der Waals surface area (Å²) in [5.41, 5.74) is 5.26. The second-order valence-corrected chi connectivity index (χ2v) is 2.79. The van der Waals surface area contributed by atoms with E-state index in [1.54, 1.807) is 7.05 Å². The van der Waals surface area contributed by atoms with Crippen molar-refractivity contribution in [3.8, 4) is 0 Å². The molecule has 0 radical (unpaired) electrons. The Labute approximate surface area is 73.5 Å². The lowest BCUT2D eigenvalue weighted by atomic mass is 10.1. The van der Waals surface area contributed by atoms with Gasteiger partial charge in [0.25, 0.3) is 0 Å². The third-order valence-electron chi connectivity index (χ3n) is 1.76. The molecule has 0 unspecified atom stereocenters. The lowest BCUT2D eigenvalue weighted by Gasteiger charge is -2.01. The van der Waals surface area contributed by atoms with Gasteiger partial charge >= 0.3 is 0 Å². The van der Waals surface area contributed by atoms with Crippen LogP contribution in [-0.2, 0) is 11.3 Å². The normalized spacial score (nSPS) is 10.2. The van der Waals surface area contributed by atoms with Gasteiger partial charge in [-0.05, 0) is 18.9 Å². The molecule has 0 fully saturated rings. The van der Waals surface area contributed by atoms with Crippen LogP contribution in [0.15, 0.2) is 24.3 Å². The summed E-state index contributed by atoms with van der Waals surface area (Å²) in [7, 11) is 1.77. The fourth-order valence-electron chi connectivity index (χ4n) is 1.03. The summed E-state index contributed by atoms with van der Waals surface area (Å²) in [6.45, 7) is 2.81. The zero-order valence-corrected chi connectivity index (χ0v) is 7.63. The van der Waals surface area contributed by atoms with Crippen LogP contribution in [0.5, 0.6) is 0 Å². The van der Waals surface area contributed by atoms with Gasteiger partial charge in [-0.3, -0.25) is 0 Å². The molecule has 1 rings (SSSR count). The molecule has 1 aromatic carbocycles. The van der Waals surface area contributed by atoms with E-state index in [0.717, 1.165) is 13.0 Å². The largest absolute Gasteiger partial charge is 0.302 e. The molecule has 1 aromatic rings. The topological polar surface area (TPSA) is 21.3 Å². The van der Waals surface area contributed by atoms with Crippen molar-refractivity contribution in [1.82, 2.24) is 5.48 Å². The Kier molecular flexibility index (Phi) is 3.77. The average Bonchev–Trinajstić information content (AvgIpc) is 2.09. The third kappa shape index (κ3) is 3.03. The van der Waals surface area contributed by atoms with Gasteiger partial charge in [-0.25, -0.2) is 5.48 Å². The molecule has 0 aromatic heterocycles. The first kappa shape index (κ1) is 9.23. The van der Waals surface area contributed by atoms with E-state index in [2.05, 4.69) is 36.7 Å². The van der Waals surface area contributed by atoms with Crippen LogP contribution >= 0.6 is 0 Å². The summed E-state index contributed by atoms with van der Waals surface area (Å²) < 4.78 is 0. The van der Waals surface area contributed by atoms with E-state index >= 15 is 0 Å². The highest BCUT2D eigenvalue weighted by Gasteiger charge is 1.91. The molecule has 0 aliphatic rings. The van der Waals surface area contributed by atoms with Crippen molar-refractivity contribution in [2.75, 3.05) is 13.7 Å². The summed E-state index contributed by atoms with van der Waals surface area (Å²) in [6, 6.07) is 8.51. The number of rotatable bonds is 4. The SMILES string of the molecule is CNOCCc1ccc(C)cc1. The van der Waals surface area contributed by atoms with Crippen molar-refractivity contribution >= 4 is 0 Å². The van der Waals surface area contributed by atoms with Crippen LogP contribution in [-0.4, -0.2) is 13.7 Å². The van der Waals surface area contributed by atoms with Crippen LogP contribution < -0.4 is 5.48 Å². The van der Waals surface area contributed by atoms with Crippen LogP contribution in [0, 0.1) is 6.92 Å². The van der Waals surface area contributed by atoms with Gasteiger partial charge in [-0.1, -0.05) is 29.8 Å².